The van der Waals surface area contributed by atoms with Gasteiger partial charge in [-0.3, -0.25) is 9.00 Å². The lowest BCUT2D eigenvalue weighted by molar-refractivity contribution is -0.118. The Morgan fingerprint density at radius 1 is 1.40 bits per heavy atom. The molecule has 1 aliphatic carbocycles. The van der Waals surface area contributed by atoms with E-state index in [1.54, 1.807) is 0 Å². The number of nitrogens with one attached hydrogen (secondary N) is 1. The average molecular weight is 232 g/mol. The SMILES string of the molecule is NCCNC(=O)CS(=O)CC1CCCC1. The van der Waals surface area contributed by atoms with Crippen molar-refractivity contribution in [2.45, 2.75) is 25.7 Å². The molecular weight excluding hydrogens is 212 g/mol. The molecule has 3 N–H and O–H groups in total. The number of amides is 1. The first-order chi connectivity index (χ1) is 7.22. The molecule has 0 spiro atoms. The van der Waals surface area contributed by atoms with Crippen molar-refractivity contribution in [3.63, 3.8) is 0 Å². The summed E-state index contributed by atoms with van der Waals surface area (Å²) < 4.78 is 11.6. The van der Waals surface area contributed by atoms with Crippen LogP contribution in [0.1, 0.15) is 25.7 Å². The van der Waals surface area contributed by atoms with Crippen LogP contribution in [0.25, 0.3) is 0 Å². The third-order valence-corrected chi connectivity index (χ3v) is 4.08. The monoisotopic (exact) mass is 232 g/mol. The van der Waals surface area contributed by atoms with Crippen molar-refractivity contribution >= 4 is 16.7 Å². The van der Waals surface area contributed by atoms with Gasteiger partial charge in [0, 0.05) is 29.6 Å². The summed E-state index contributed by atoms with van der Waals surface area (Å²) in [5.41, 5.74) is 5.25. The minimum absolute atomic E-state index is 0.135. The number of carbonyl (C=O) groups excluding carboxylic acids is 1. The summed E-state index contributed by atoms with van der Waals surface area (Å²) in [5.74, 6) is 1.26. The molecule has 1 fully saturated rings. The van der Waals surface area contributed by atoms with Crippen LogP contribution in [0.15, 0.2) is 0 Å². The maximum Gasteiger partial charge on any atom is 0.232 e. The van der Waals surface area contributed by atoms with Crippen molar-refractivity contribution in [3.8, 4) is 0 Å². The van der Waals surface area contributed by atoms with Crippen LogP contribution >= 0.6 is 0 Å². The van der Waals surface area contributed by atoms with Gasteiger partial charge in [0.1, 0.15) is 5.75 Å². The number of carbonyl (C=O) groups is 1. The highest BCUT2D eigenvalue weighted by molar-refractivity contribution is 7.85. The molecule has 5 heteroatoms. The highest BCUT2D eigenvalue weighted by Gasteiger charge is 2.18. The van der Waals surface area contributed by atoms with E-state index in [1.807, 2.05) is 0 Å². The molecule has 0 aliphatic heterocycles. The highest BCUT2D eigenvalue weighted by Crippen LogP contribution is 2.25. The van der Waals surface area contributed by atoms with Crippen LogP contribution in [0.2, 0.25) is 0 Å². The Hall–Kier alpha value is -0.420. The van der Waals surface area contributed by atoms with Crippen molar-refractivity contribution in [3.05, 3.63) is 0 Å². The van der Waals surface area contributed by atoms with Crippen molar-refractivity contribution < 1.29 is 9.00 Å². The van der Waals surface area contributed by atoms with E-state index in [0.717, 1.165) is 0 Å². The summed E-state index contributed by atoms with van der Waals surface area (Å²) in [6, 6.07) is 0. The smallest absolute Gasteiger partial charge is 0.232 e. The molecule has 4 nitrogen and oxygen atoms in total. The minimum atomic E-state index is -0.996. The third kappa shape index (κ3) is 5.28. The topological polar surface area (TPSA) is 72.2 Å². The molecule has 88 valence electrons. The molecule has 0 radical (unpaired) electrons. The highest BCUT2D eigenvalue weighted by atomic mass is 32.2. The first-order valence-electron chi connectivity index (χ1n) is 5.54. The van der Waals surface area contributed by atoms with Crippen LogP contribution in [0.5, 0.6) is 0 Å². The molecule has 0 saturated heterocycles. The predicted molar refractivity (Wildman–Crippen MR) is 61.9 cm³/mol. The van der Waals surface area contributed by atoms with Gasteiger partial charge in [0.2, 0.25) is 5.91 Å². The maximum atomic E-state index is 11.6. The quantitative estimate of drug-likeness (QED) is 0.677. The van der Waals surface area contributed by atoms with Crippen molar-refractivity contribution in [1.82, 2.24) is 5.32 Å². The van der Waals surface area contributed by atoms with Crippen LogP contribution in [0.3, 0.4) is 0 Å². The van der Waals surface area contributed by atoms with E-state index in [4.69, 9.17) is 5.73 Å². The summed E-state index contributed by atoms with van der Waals surface area (Å²) in [7, 11) is -0.996. The Bertz CT molecular complexity index is 227. The Morgan fingerprint density at radius 3 is 2.67 bits per heavy atom. The van der Waals surface area contributed by atoms with E-state index < -0.39 is 10.8 Å². The second-order valence-corrected chi connectivity index (χ2v) is 5.54. The number of hydrogen-bond acceptors (Lipinski definition) is 3. The summed E-state index contributed by atoms with van der Waals surface area (Å²) in [5, 5.41) is 2.63. The van der Waals surface area contributed by atoms with E-state index in [-0.39, 0.29) is 11.7 Å². The largest absolute Gasteiger partial charge is 0.354 e. The van der Waals surface area contributed by atoms with Gasteiger partial charge < -0.3 is 11.1 Å². The van der Waals surface area contributed by atoms with Gasteiger partial charge in [0.25, 0.3) is 0 Å². The lowest BCUT2D eigenvalue weighted by Crippen LogP contribution is -2.33. The molecule has 1 saturated carbocycles. The lowest BCUT2D eigenvalue weighted by Gasteiger charge is -2.08. The van der Waals surface area contributed by atoms with Gasteiger partial charge in [-0.25, -0.2) is 0 Å². The second kappa shape index (κ2) is 6.95. The first-order valence-corrected chi connectivity index (χ1v) is 7.03. The molecule has 1 unspecified atom stereocenters. The molecule has 0 aromatic rings. The van der Waals surface area contributed by atoms with Gasteiger partial charge in [-0.2, -0.15) is 0 Å². The molecular formula is C10H20N2O2S. The summed E-state index contributed by atoms with van der Waals surface area (Å²) in [4.78, 5) is 11.2. The van der Waals surface area contributed by atoms with Crippen molar-refractivity contribution in [1.29, 1.82) is 0 Å². The fourth-order valence-corrected chi connectivity index (χ4v) is 3.28. The van der Waals surface area contributed by atoms with Gasteiger partial charge >= 0.3 is 0 Å². The summed E-state index contributed by atoms with van der Waals surface area (Å²) in [6.45, 7) is 0.903. The molecule has 1 amide bonds. The van der Waals surface area contributed by atoms with Gasteiger partial charge in [-0.05, 0) is 18.8 Å². The fourth-order valence-electron chi connectivity index (χ4n) is 1.91. The Kier molecular flexibility index (Phi) is 5.86. The van der Waals surface area contributed by atoms with Crippen LogP contribution in [0, 0.1) is 5.92 Å². The number of rotatable bonds is 6. The molecule has 1 atom stereocenters. The Morgan fingerprint density at radius 2 is 2.07 bits per heavy atom. The molecule has 0 aromatic carbocycles. The van der Waals surface area contributed by atoms with Crippen LogP contribution in [0.4, 0.5) is 0 Å². The zero-order chi connectivity index (χ0) is 11.1. The van der Waals surface area contributed by atoms with Gasteiger partial charge in [0.05, 0.1) is 0 Å². The second-order valence-electron chi connectivity index (χ2n) is 4.04. The lowest BCUT2D eigenvalue weighted by atomic mass is 10.1. The number of hydrogen-bond donors (Lipinski definition) is 2. The molecule has 0 heterocycles. The minimum Gasteiger partial charge on any atom is -0.354 e. The average Bonchev–Trinajstić information content (AvgIpc) is 2.67. The van der Waals surface area contributed by atoms with Gasteiger partial charge in [-0.15, -0.1) is 0 Å². The fraction of sp³-hybridized carbons (Fsp3) is 0.900. The van der Waals surface area contributed by atoms with Crippen LogP contribution in [-0.4, -0.2) is 34.7 Å². The van der Waals surface area contributed by atoms with Crippen molar-refractivity contribution in [2.75, 3.05) is 24.6 Å². The van der Waals surface area contributed by atoms with E-state index in [2.05, 4.69) is 5.32 Å². The number of nitrogens with two attached hydrogens (primary N) is 1. The zero-order valence-electron chi connectivity index (χ0n) is 9.04. The van der Waals surface area contributed by atoms with E-state index in [1.165, 1.54) is 25.7 Å². The van der Waals surface area contributed by atoms with E-state index >= 15 is 0 Å². The van der Waals surface area contributed by atoms with Crippen LogP contribution < -0.4 is 11.1 Å². The first kappa shape index (κ1) is 12.6. The Labute approximate surface area is 93.4 Å². The standard InChI is InChI=1S/C10H20N2O2S/c11-5-6-12-10(13)8-15(14)7-9-3-1-2-4-9/h9H,1-8,11H2,(H,12,13). The molecule has 0 aromatic heterocycles. The molecule has 1 rings (SSSR count). The third-order valence-electron chi connectivity index (χ3n) is 2.65. The van der Waals surface area contributed by atoms with Gasteiger partial charge in [0.15, 0.2) is 0 Å². The summed E-state index contributed by atoms with van der Waals surface area (Å²) in [6.07, 6.45) is 4.86. The van der Waals surface area contributed by atoms with E-state index in [9.17, 15) is 9.00 Å². The maximum absolute atomic E-state index is 11.6. The molecule has 15 heavy (non-hydrogen) atoms. The zero-order valence-corrected chi connectivity index (χ0v) is 9.85. The normalized spacial score (nSPS) is 19.0. The molecule has 0 bridgehead atoms. The predicted octanol–water partition coefficient (Wildman–Crippen LogP) is 0.000200. The van der Waals surface area contributed by atoms with Gasteiger partial charge in [-0.1, -0.05) is 12.8 Å². The van der Waals surface area contributed by atoms with E-state index in [0.29, 0.717) is 24.8 Å². The molecule has 1 aliphatic rings. The Balaban J connectivity index is 2.14. The summed E-state index contributed by atoms with van der Waals surface area (Å²) >= 11 is 0. The van der Waals surface area contributed by atoms with Crippen LogP contribution in [-0.2, 0) is 15.6 Å². The van der Waals surface area contributed by atoms with Crippen molar-refractivity contribution in [2.24, 2.45) is 11.7 Å².